The number of hydrogen-bond donors (Lipinski definition) is 1. The SMILES string of the molecule is Cc1cc(OC(C)C)c(C(=O)C(C)C)[nH]1. The summed E-state index contributed by atoms with van der Waals surface area (Å²) in [6.45, 7) is 9.59. The first kappa shape index (κ1) is 11.8. The van der Waals surface area contributed by atoms with Crippen molar-refractivity contribution in [2.75, 3.05) is 0 Å². The predicted octanol–water partition coefficient (Wildman–Crippen LogP) is 2.95. The molecule has 15 heavy (non-hydrogen) atoms. The zero-order valence-electron chi connectivity index (χ0n) is 10.0. The molecule has 84 valence electrons. The molecule has 0 atom stereocenters. The molecule has 0 bridgehead atoms. The van der Waals surface area contributed by atoms with Crippen LogP contribution in [-0.2, 0) is 0 Å². The van der Waals surface area contributed by atoms with E-state index in [2.05, 4.69) is 4.98 Å². The maximum absolute atomic E-state index is 11.8. The first-order valence-electron chi connectivity index (χ1n) is 5.32. The summed E-state index contributed by atoms with van der Waals surface area (Å²) in [7, 11) is 0. The molecule has 0 aliphatic carbocycles. The van der Waals surface area contributed by atoms with E-state index in [1.54, 1.807) is 0 Å². The summed E-state index contributed by atoms with van der Waals surface area (Å²) >= 11 is 0. The highest BCUT2D eigenvalue weighted by Gasteiger charge is 2.18. The van der Waals surface area contributed by atoms with E-state index in [1.165, 1.54) is 0 Å². The Morgan fingerprint density at radius 3 is 2.40 bits per heavy atom. The van der Waals surface area contributed by atoms with Crippen LogP contribution in [0.2, 0.25) is 0 Å². The molecule has 3 nitrogen and oxygen atoms in total. The van der Waals surface area contributed by atoms with E-state index < -0.39 is 0 Å². The lowest BCUT2D eigenvalue weighted by Crippen LogP contribution is -2.12. The molecule has 0 aromatic carbocycles. The predicted molar refractivity (Wildman–Crippen MR) is 60.5 cm³/mol. The van der Waals surface area contributed by atoms with Crippen molar-refractivity contribution in [3.8, 4) is 5.75 Å². The summed E-state index contributed by atoms with van der Waals surface area (Å²) in [4.78, 5) is 14.9. The normalized spacial score (nSPS) is 11.1. The third kappa shape index (κ3) is 2.85. The fourth-order valence-corrected chi connectivity index (χ4v) is 1.38. The monoisotopic (exact) mass is 209 g/mol. The minimum absolute atomic E-state index is 0.0161. The molecule has 1 aromatic heterocycles. The van der Waals surface area contributed by atoms with Crippen LogP contribution in [0.5, 0.6) is 5.75 Å². The lowest BCUT2D eigenvalue weighted by molar-refractivity contribution is 0.0929. The Kier molecular flexibility index (Phi) is 3.56. The number of Topliss-reactive ketones (excluding diaryl/α,β-unsaturated/α-hetero) is 1. The Bertz CT molecular complexity index is 351. The molecule has 0 aliphatic heterocycles. The van der Waals surface area contributed by atoms with E-state index in [-0.39, 0.29) is 17.8 Å². The summed E-state index contributed by atoms with van der Waals surface area (Å²) in [5.74, 6) is 0.748. The third-order valence-corrected chi connectivity index (χ3v) is 2.05. The lowest BCUT2D eigenvalue weighted by Gasteiger charge is -2.10. The fourth-order valence-electron chi connectivity index (χ4n) is 1.38. The van der Waals surface area contributed by atoms with Crippen molar-refractivity contribution in [2.24, 2.45) is 5.92 Å². The Hall–Kier alpha value is -1.25. The average Bonchev–Trinajstić information content (AvgIpc) is 2.44. The first-order chi connectivity index (χ1) is 6.91. The van der Waals surface area contributed by atoms with Crippen molar-refractivity contribution < 1.29 is 9.53 Å². The minimum atomic E-state index is -0.0161. The molecular weight excluding hydrogens is 190 g/mol. The molecule has 0 saturated heterocycles. The molecule has 0 fully saturated rings. The van der Waals surface area contributed by atoms with Gasteiger partial charge in [0.25, 0.3) is 0 Å². The van der Waals surface area contributed by atoms with Crippen LogP contribution in [-0.4, -0.2) is 16.9 Å². The van der Waals surface area contributed by atoms with E-state index in [1.807, 2.05) is 40.7 Å². The Balaban J connectivity index is 3.00. The highest BCUT2D eigenvalue weighted by atomic mass is 16.5. The van der Waals surface area contributed by atoms with E-state index in [9.17, 15) is 4.79 Å². The van der Waals surface area contributed by atoms with Gasteiger partial charge in [0.2, 0.25) is 0 Å². The molecule has 1 rings (SSSR count). The van der Waals surface area contributed by atoms with E-state index in [0.717, 1.165) is 5.69 Å². The van der Waals surface area contributed by atoms with Crippen molar-refractivity contribution in [2.45, 2.75) is 40.7 Å². The van der Waals surface area contributed by atoms with Gasteiger partial charge in [0, 0.05) is 17.7 Å². The quantitative estimate of drug-likeness (QED) is 0.775. The molecular formula is C12H19NO2. The Labute approximate surface area is 90.8 Å². The second-order valence-electron chi connectivity index (χ2n) is 4.38. The van der Waals surface area contributed by atoms with Crippen molar-refractivity contribution in [1.29, 1.82) is 0 Å². The summed E-state index contributed by atoms with van der Waals surface area (Å²) in [5, 5.41) is 0. The highest BCUT2D eigenvalue weighted by Crippen LogP contribution is 2.23. The zero-order valence-corrected chi connectivity index (χ0v) is 10.0. The number of H-pyrrole nitrogens is 1. The van der Waals surface area contributed by atoms with Gasteiger partial charge in [0.05, 0.1) is 6.10 Å². The Morgan fingerprint density at radius 1 is 1.33 bits per heavy atom. The van der Waals surface area contributed by atoms with Crippen LogP contribution < -0.4 is 4.74 Å². The number of nitrogens with one attached hydrogen (secondary N) is 1. The van der Waals surface area contributed by atoms with Crippen LogP contribution in [0.4, 0.5) is 0 Å². The van der Waals surface area contributed by atoms with Crippen LogP contribution in [0.1, 0.15) is 43.9 Å². The lowest BCUT2D eigenvalue weighted by atomic mass is 10.1. The number of carbonyl (C=O) groups is 1. The smallest absolute Gasteiger partial charge is 0.185 e. The molecule has 3 heteroatoms. The van der Waals surface area contributed by atoms with Gasteiger partial charge in [-0.1, -0.05) is 13.8 Å². The molecule has 1 N–H and O–H groups in total. The number of ketones is 1. The van der Waals surface area contributed by atoms with Gasteiger partial charge in [-0.2, -0.15) is 0 Å². The van der Waals surface area contributed by atoms with Crippen LogP contribution in [0.25, 0.3) is 0 Å². The topological polar surface area (TPSA) is 42.1 Å². The standard InChI is InChI=1S/C12H19NO2/c1-7(2)12(14)11-10(15-8(3)4)6-9(5)13-11/h6-8,13H,1-5H3. The second kappa shape index (κ2) is 4.51. The van der Waals surface area contributed by atoms with Gasteiger partial charge in [0.15, 0.2) is 5.78 Å². The van der Waals surface area contributed by atoms with E-state index in [4.69, 9.17) is 4.74 Å². The van der Waals surface area contributed by atoms with E-state index in [0.29, 0.717) is 11.4 Å². The molecule has 1 heterocycles. The maximum Gasteiger partial charge on any atom is 0.185 e. The van der Waals surface area contributed by atoms with Crippen molar-refractivity contribution in [1.82, 2.24) is 4.98 Å². The summed E-state index contributed by atoms with van der Waals surface area (Å²) in [6, 6.07) is 1.87. The van der Waals surface area contributed by atoms with Gasteiger partial charge >= 0.3 is 0 Å². The van der Waals surface area contributed by atoms with Gasteiger partial charge in [-0.05, 0) is 20.8 Å². The molecule has 0 saturated carbocycles. The third-order valence-electron chi connectivity index (χ3n) is 2.05. The number of ether oxygens (including phenoxy) is 1. The number of aromatic nitrogens is 1. The first-order valence-corrected chi connectivity index (χ1v) is 5.32. The molecule has 0 spiro atoms. The molecule has 1 aromatic rings. The second-order valence-corrected chi connectivity index (χ2v) is 4.38. The maximum atomic E-state index is 11.8. The van der Waals surface area contributed by atoms with Crippen molar-refractivity contribution in [3.05, 3.63) is 17.5 Å². The van der Waals surface area contributed by atoms with Crippen LogP contribution in [0, 0.1) is 12.8 Å². The van der Waals surface area contributed by atoms with Crippen LogP contribution in [0.3, 0.4) is 0 Å². The largest absolute Gasteiger partial charge is 0.489 e. The molecule has 0 unspecified atom stereocenters. The van der Waals surface area contributed by atoms with Crippen molar-refractivity contribution >= 4 is 5.78 Å². The summed E-state index contributed by atoms with van der Waals surface area (Å²) in [5.41, 5.74) is 1.55. The van der Waals surface area contributed by atoms with Gasteiger partial charge < -0.3 is 9.72 Å². The molecule has 0 radical (unpaired) electrons. The van der Waals surface area contributed by atoms with Crippen molar-refractivity contribution in [3.63, 3.8) is 0 Å². The summed E-state index contributed by atoms with van der Waals surface area (Å²) in [6.07, 6.45) is 0.0823. The van der Waals surface area contributed by atoms with Crippen LogP contribution in [0.15, 0.2) is 6.07 Å². The van der Waals surface area contributed by atoms with Crippen LogP contribution >= 0.6 is 0 Å². The fraction of sp³-hybridized carbons (Fsp3) is 0.583. The number of aromatic amines is 1. The van der Waals surface area contributed by atoms with Gasteiger partial charge in [-0.3, -0.25) is 4.79 Å². The number of rotatable bonds is 4. The number of carbonyl (C=O) groups excluding carboxylic acids is 1. The highest BCUT2D eigenvalue weighted by molar-refractivity contribution is 5.98. The number of hydrogen-bond acceptors (Lipinski definition) is 2. The molecule has 0 aliphatic rings. The summed E-state index contributed by atoms with van der Waals surface area (Å²) < 4.78 is 5.59. The zero-order chi connectivity index (χ0) is 11.6. The van der Waals surface area contributed by atoms with Gasteiger partial charge in [-0.15, -0.1) is 0 Å². The van der Waals surface area contributed by atoms with Gasteiger partial charge in [-0.25, -0.2) is 0 Å². The molecule has 0 amide bonds. The average molecular weight is 209 g/mol. The van der Waals surface area contributed by atoms with Gasteiger partial charge in [0.1, 0.15) is 11.4 Å². The number of aryl methyl sites for hydroxylation is 1. The van der Waals surface area contributed by atoms with E-state index >= 15 is 0 Å². The minimum Gasteiger partial charge on any atom is -0.489 e. The Morgan fingerprint density at radius 2 is 1.93 bits per heavy atom.